The first-order valence-corrected chi connectivity index (χ1v) is 8.46. The number of halogens is 1. The van der Waals surface area contributed by atoms with Gasteiger partial charge in [0.2, 0.25) is 5.91 Å². The number of hydrogen-bond donors (Lipinski definition) is 2. The van der Waals surface area contributed by atoms with E-state index in [1.54, 1.807) is 11.8 Å². The van der Waals surface area contributed by atoms with E-state index in [-0.39, 0.29) is 24.4 Å². The van der Waals surface area contributed by atoms with Gasteiger partial charge in [-0.05, 0) is 31.6 Å². The predicted octanol–water partition coefficient (Wildman–Crippen LogP) is 2.20. The third kappa shape index (κ3) is 9.06. The molecule has 0 radical (unpaired) electrons. The van der Waals surface area contributed by atoms with Crippen LogP contribution in [-0.4, -0.2) is 42.7 Å². The summed E-state index contributed by atoms with van der Waals surface area (Å²) in [4.78, 5) is 11.8. The molecule has 3 N–H and O–H groups in total. The summed E-state index contributed by atoms with van der Waals surface area (Å²) in [7, 11) is 0. The Labute approximate surface area is 133 Å². The average Bonchev–Trinajstić information content (AvgIpc) is 2.38. The SMILES string of the molecule is CC(C)CC(CN)NC(=O)CSCC1CCCCO1.Cl. The molecule has 6 heteroatoms. The number of thioether (sulfide) groups is 1. The van der Waals surface area contributed by atoms with Crippen LogP contribution in [0.2, 0.25) is 0 Å². The molecule has 1 heterocycles. The quantitative estimate of drug-likeness (QED) is 0.718. The zero-order chi connectivity index (χ0) is 14.1. The van der Waals surface area contributed by atoms with Gasteiger partial charge in [-0.1, -0.05) is 13.8 Å². The first kappa shape index (κ1) is 20.0. The van der Waals surface area contributed by atoms with E-state index in [0.29, 0.717) is 24.3 Å². The highest BCUT2D eigenvalue weighted by Gasteiger charge is 2.16. The lowest BCUT2D eigenvalue weighted by atomic mass is 10.0. The summed E-state index contributed by atoms with van der Waals surface area (Å²) in [5, 5.41) is 3.01. The normalized spacial score (nSPS) is 20.3. The molecular formula is C14H29ClN2O2S. The van der Waals surface area contributed by atoms with E-state index in [2.05, 4.69) is 19.2 Å². The number of carbonyl (C=O) groups is 1. The molecule has 2 unspecified atom stereocenters. The standard InChI is InChI=1S/C14H28N2O2S.ClH/c1-11(2)7-12(8-15)16-14(17)10-19-9-13-5-3-4-6-18-13;/h11-13H,3-10,15H2,1-2H3,(H,16,17);1H. The third-order valence-electron chi connectivity index (χ3n) is 3.22. The maximum Gasteiger partial charge on any atom is 0.230 e. The molecule has 0 bridgehead atoms. The summed E-state index contributed by atoms with van der Waals surface area (Å²) < 4.78 is 5.64. The van der Waals surface area contributed by atoms with Gasteiger partial charge in [0.15, 0.2) is 0 Å². The van der Waals surface area contributed by atoms with Gasteiger partial charge in [0.1, 0.15) is 0 Å². The molecule has 0 aliphatic carbocycles. The first-order chi connectivity index (χ1) is 9.11. The van der Waals surface area contributed by atoms with Gasteiger partial charge >= 0.3 is 0 Å². The first-order valence-electron chi connectivity index (χ1n) is 7.30. The molecule has 4 nitrogen and oxygen atoms in total. The maximum absolute atomic E-state index is 11.8. The number of carbonyl (C=O) groups excluding carboxylic acids is 1. The monoisotopic (exact) mass is 324 g/mol. The number of nitrogens with two attached hydrogens (primary N) is 1. The lowest BCUT2D eigenvalue weighted by molar-refractivity contribution is -0.119. The number of ether oxygens (including phenoxy) is 1. The topological polar surface area (TPSA) is 64.3 Å². The highest BCUT2D eigenvalue weighted by molar-refractivity contribution is 7.99. The molecule has 0 spiro atoms. The Balaban J connectivity index is 0.00000361. The van der Waals surface area contributed by atoms with E-state index in [9.17, 15) is 4.79 Å². The minimum Gasteiger partial charge on any atom is -0.377 e. The minimum absolute atomic E-state index is 0. The van der Waals surface area contributed by atoms with Crippen molar-refractivity contribution in [1.82, 2.24) is 5.32 Å². The molecular weight excluding hydrogens is 296 g/mol. The molecule has 1 aliphatic rings. The summed E-state index contributed by atoms with van der Waals surface area (Å²) in [6, 6.07) is 0.110. The van der Waals surface area contributed by atoms with E-state index in [4.69, 9.17) is 10.5 Å². The van der Waals surface area contributed by atoms with Crippen molar-refractivity contribution in [1.29, 1.82) is 0 Å². The fourth-order valence-corrected chi connectivity index (χ4v) is 3.19. The van der Waals surface area contributed by atoms with Gasteiger partial charge in [0, 0.05) is 24.9 Å². The number of nitrogens with one attached hydrogen (secondary N) is 1. The summed E-state index contributed by atoms with van der Waals surface area (Å²) in [5.74, 6) is 2.08. The van der Waals surface area contributed by atoms with Crippen LogP contribution in [0.3, 0.4) is 0 Å². The zero-order valence-electron chi connectivity index (χ0n) is 12.6. The fraction of sp³-hybridized carbons (Fsp3) is 0.929. The highest BCUT2D eigenvalue weighted by atomic mass is 35.5. The van der Waals surface area contributed by atoms with Gasteiger partial charge in [-0.2, -0.15) is 0 Å². The molecule has 0 saturated carbocycles. The number of rotatable bonds is 8. The fourth-order valence-electron chi connectivity index (χ4n) is 2.27. The van der Waals surface area contributed by atoms with E-state index in [1.165, 1.54) is 12.8 Å². The summed E-state index contributed by atoms with van der Waals surface area (Å²) in [6.07, 6.45) is 4.84. The van der Waals surface area contributed by atoms with Crippen molar-refractivity contribution in [3.63, 3.8) is 0 Å². The number of hydrogen-bond acceptors (Lipinski definition) is 4. The van der Waals surface area contributed by atoms with Crippen LogP contribution in [-0.2, 0) is 9.53 Å². The second-order valence-corrected chi connectivity index (χ2v) is 6.66. The second kappa shape index (κ2) is 11.7. The van der Waals surface area contributed by atoms with Crippen LogP contribution >= 0.6 is 24.2 Å². The molecule has 1 aliphatic heterocycles. The van der Waals surface area contributed by atoms with Gasteiger partial charge in [-0.15, -0.1) is 24.2 Å². The van der Waals surface area contributed by atoms with Gasteiger partial charge < -0.3 is 15.8 Å². The molecule has 20 heavy (non-hydrogen) atoms. The van der Waals surface area contributed by atoms with Crippen molar-refractivity contribution in [3.05, 3.63) is 0 Å². The molecule has 2 atom stereocenters. The summed E-state index contributed by atoms with van der Waals surface area (Å²) in [6.45, 7) is 5.68. The maximum atomic E-state index is 11.8. The lowest BCUT2D eigenvalue weighted by Gasteiger charge is -2.22. The Kier molecular flexibility index (Phi) is 11.7. The van der Waals surface area contributed by atoms with Crippen LogP contribution < -0.4 is 11.1 Å². The van der Waals surface area contributed by atoms with Crippen molar-refractivity contribution in [2.45, 2.75) is 51.7 Å². The van der Waals surface area contributed by atoms with Crippen LogP contribution in [0.25, 0.3) is 0 Å². The molecule has 0 aromatic carbocycles. The molecule has 120 valence electrons. The smallest absolute Gasteiger partial charge is 0.230 e. The Hall–Kier alpha value is 0.0300. The molecule has 0 aromatic rings. The van der Waals surface area contributed by atoms with Gasteiger partial charge in [-0.25, -0.2) is 0 Å². The Morgan fingerprint density at radius 2 is 2.20 bits per heavy atom. The van der Waals surface area contributed by atoms with Crippen LogP contribution in [0.4, 0.5) is 0 Å². The van der Waals surface area contributed by atoms with Gasteiger partial charge in [0.05, 0.1) is 11.9 Å². The Bertz CT molecular complexity index is 262. The van der Waals surface area contributed by atoms with Gasteiger partial charge in [-0.3, -0.25) is 4.79 Å². The van der Waals surface area contributed by atoms with Crippen LogP contribution in [0.5, 0.6) is 0 Å². The number of amides is 1. The van der Waals surface area contributed by atoms with E-state index in [1.807, 2.05) is 0 Å². The van der Waals surface area contributed by atoms with Crippen molar-refractivity contribution in [3.8, 4) is 0 Å². The Morgan fingerprint density at radius 3 is 2.75 bits per heavy atom. The van der Waals surface area contributed by atoms with Crippen molar-refractivity contribution in [2.24, 2.45) is 11.7 Å². The van der Waals surface area contributed by atoms with Crippen molar-refractivity contribution in [2.75, 3.05) is 24.7 Å². The van der Waals surface area contributed by atoms with Crippen molar-refractivity contribution < 1.29 is 9.53 Å². The Morgan fingerprint density at radius 1 is 1.45 bits per heavy atom. The molecule has 1 fully saturated rings. The predicted molar refractivity (Wildman–Crippen MR) is 88.6 cm³/mol. The average molecular weight is 325 g/mol. The molecule has 0 aromatic heterocycles. The van der Waals surface area contributed by atoms with Crippen molar-refractivity contribution >= 4 is 30.1 Å². The molecule has 1 amide bonds. The summed E-state index contributed by atoms with van der Waals surface area (Å²) in [5.41, 5.74) is 5.67. The molecule has 1 saturated heterocycles. The van der Waals surface area contributed by atoms with Crippen LogP contribution in [0, 0.1) is 5.92 Å². The van der Waals surface area contributed by atoms with E-state index < -0.39 is 0 Å². The minimum atomic E-state index is 0. The van der Waals surface area contributed by atoms with Crippen LogP contribution in [0.15, 0.2) is 0 Å². The second-order valence-electron chi connectivity index (χ2n) is 5.63. The molecule has 1 rings (SSSR count). The van der Waals surface area contributed by atoms with E-state index in [0.717, 1.165) is 25.2 Å². The van der Waals surface area contributed by atoms with Gasteiger partial charge in [0.25, 0.3) is 0 Å². The lowest BCUT2D eigenvalue weighted by Crippen LogP contribution is -2.42. The summed E-state index contributed by atoms with van der Waals surface area (Å²) >= 11 is 1.66. The van der Waals surface area contributed by atoms with E-state index >= 15 is 0 Å². The zero-order valence-corrected chi connectivity index (χ0v) is 14.2. The van der Waals surface area contributed by atoms with Crippen LogP contribution in [0.1, 0.15) is 39.5 Å². The highest BCUT2D eigenvalue weighted by Crippen LogP contribution is 2.17. The largest absolute Gasteiger partial charge is 0.377 e. The third-order valence-corrected chi connectivity index (χ3v) is 4.29.